The summed E-state index contributed by atoms with van der Waals surface area (Å²) in [6.45, 7) is 3.01. The number of aromatic nitrogens is 2. The SMILES string of the molecule is C[C@@H]1CCC(=O)N(C[C@@H](N)CC(=O)N2CCc3c(nc(-c4ccco4)nc3C(F)(F)F)C2)C1. The maximum Gasteiger partial charge on any atom is 0.433 e. The van der Waals surface area contributed by atoms with E-state index in [1.165, 1.54) is 23.3 Å². The van der Waals surface area contributed by atoms with Crippen molar-refractivity contribution >= 4 is 11.8 Å². The molecule has 4 rings (SSSR count). The summed E-state index contributed by atoms with van der Waals surface area (Å²) in [6.07, 6.45) is -2.01. The zero-order valence-corrected chi connectivity index (χ0v) is 18.3. The van der Waals surface area contributed by atoms with E-state index < -0.39 is 17.9 Å². The highest BCUT2D eigenvalue weighted by atomic mass is 19.4. The Morgan fingerprint density at radius 3 is 2.82 bits per heavy atom. The van der Waals surface area contributed by atoms with Crippen LogP contribution in [0.3, 0.4) is 0 Å². The molecule has 0 bridgehead atoms. The first-order valence-electron chi connectivity index (χ1n) is 10.9. The molecule has 2 aliphatic heterocycles. The number of fused-ring (bicyclic) bond motifs is 1. The van der Waals surface area contributed by atoms with Crippen LogP contribution in [-0.2, 0) is 28.7 Å². The molecule has 0 spiro atoms. The van der Waals surface area contributed by atoms with Gasteiger partial charge in [0.15, 0.2) is 17.3 Å². The number of carbonyl (C=O) groups is 2. The van der Waals surface area contributed by atoms with Gasteiger partial charge in [0.25, 0.3) is 0 Å². The predicted molar refractivity (Wildman–Crippen MR) is 111 cm³/mol. The molecular formula is C22H26F3N5O3. The zero-order chi connectivity index (χ0) is 23.8. The molecule has 0 saturated carbocycles. The van der Waals surface area contributed by atoms with Gasteiger partial charge in [0.2, 0.25) is 11.8 Å². The summed E-state index contributed by atoms with van der Waals surface area (Å²) in [5.41, 5.74) is 5.31. The molecule has 4 heterocycles. The van der Waals surface area contributed by atoms with Crippen molar-refractivity contribution in [3.05, 3.63) is 35.3 Å². The van der Waals surface area contributed by atoms with Crippen LogP contribution in [0.1, 0.15) is 43.1 Å². The Balaban J connectivity index is 1.48. The van der Waals surface area contributed by atoms with E-state index in [-0.39, 0.29) is 67.1 Å². The van der Waals surface area contributed by atoms with Crippen LogP contribution in [0.15, 0.2) is 22.8 Å². The Labute approximate surface area is 188 Å². The van der Waals surface area contributed by atoms with Gasteiger partial charge >= 0.3 is 6.18 Å². The fourth-order valence-corrected chi connectivity index (χ4v) is 4.37. The van der Waals surface area contributed by atoms with Gasteiger partial charge in [-0.1, -0.05) is 6.92 Å². The smallest absolute Gasteiger partial charge is 0.433 e. The van der Waals surface area contributed by atoms with Gasteiger partial charge in [0, 0.05) is 44.1 Å². The van der Waals surface area contributed by atoms with Crippen LogP contribution in [0.25, 0.3) is 11.6 Å². The van der Waals surface area contributed by atoms with Crippen molar-refractivity contribution in [1.82, 2.24) is 19.8 Å². The molecule has 2 aliphatic rings. The average molecular weight is 465 g/mol. The van der Waals surface area contributed by atoms with E-state index in [1.807, 2.05) is 0 Å². The van der Waals surface area contributed by atoms with E-state index in [1.54, 1.807) is 4.90 Å². The lowest BCUT2D eigenvalue weighted by Gasteiger charge is -2.34. The first-order chi connectivity index (χ1) is 15.6. The molecule has 0 unspecified atom stereocenters. The number of alkyl halides is 3. The highest BCUT2D eigenvalue weighted by molar-refractivity contribution is 5.78. The summed E-state index contributed by atoms with van der Waals surface area (Å²) in [7, 11) is 0. The molecule has 2 amide bonds. The second kappa shape index (κ2) is 9.12. The van der Waals surface area contributed by atoms with Crippen molar-refractivity contribution in [2.45, 2.75) is 51.4 Å². The summed E-state index contributed by atoms with van der Waals surface area (Å²) in [6, 6.07) is 2.47. The van der Waals surface area contributed by atoms with Crippen LogP contribution in [0.5, 0.6) is 0 Å². The van der Waals surface area contributed by atoms with Crippen molar-refractivity contribution < 1.29 is 27.2 Å². The topological polar surface area (TPSA) is 106 Å². The molecule has 2 N–H and O–H groups in total. The van der Waals surface area contributed by atoms with Gasteiger partial charge in [0.05, 0.1) is 18.5 Å². The summed E-state index contributed by atoms with van der Waals surface area (Å²) in [4.78, 5) is 36.1. The van der Waals surface area contributed by atoms with E-state index in [2.05, 4.69) is 16.9 Å². The van der Waals surface area contributed by atoms with Gasteiger partial charge in [-0.15, -0.1) is 0 Å². The highest BCUT2D eigenvalue weighted by Gasteiger charge is 2.39. The molecule has 2 aromatic rings. The Bertz CT molecular complexity index is 1030. The van der Waals surface area contributed by atoms with Crippen molar-refractivity contribution in [2.75, 3.05) is 19.6 Å². The van der Waals surface area contributed by atoms with Crippen molar-refractivity contribution in [3.63, 3.8) is 0 Å². The second-order valence-corrected chi connectivity index (χ2v) is 8.77. The molecule has 0 aromatic carbocycles. The van der Waals surface area contributed by atoms with E-state index in [4.69, 9.17) is 10.2 Å². The number of hydrogen-bond donors (Lipinski definition) is 1. The number of furan rings is 1. The van der Waals surface area contributed by atoms with Crippen molar-refractivity contribution in [3.8, 4) is 11.6 Å². The van der Waals surface area contributed by atoms with Crippen LogP contribution >= 0.6 is 0 Å². The van der Waals surface area contributed by atoms with E-state index in [0.29, 0.717) is 18.9 Å². The van der Waals surface area contributed by atoms with E-state index in [0.717, 1.165) is 6.42 Å². The van der Waals surface area contributed by atoms with Crippen molar-refractivity contribution in [2.24, 2.45) is 11.7 Å². The predicted octanol–water partition coefficient (Wildman–Crippen LogP) is 2.62. The van der Waals surface area contributed by atoms with Gasteiger partial charge < -0.3 is 20.0 Å². The average Bonchev–Trinajstić information content (AvgIpc) is 3.29. The third kappa shape index (κ3) is 5.18. The second-order valence-electron chi connectivity index (χ2n) is 8.77. The molecule has 8 nitrogen and oxygen atoms in total. The largest absolute Gasteiger partial charge is 0.461 e. The molecule has 2 aromatic heterocycles. The molecule has 0 radical (unpaired) electrons. The third-order valence-electron chi connectivity index (χ3n) is 6.06. The number of rotatable bonds is 5. The molecule has 33 heavy (non-hydrogen) atoms. The van der Waals surface area contributed by atoms with E-state index >= 15 is 0 Å². The first kappa shape index (κ1) is 23.2. The lowest BCUT2D eigenvalue weighted by molar-refractivity contribution is -0.142. The molecule has 11 heteroatoms. The van der Waals surface area contributed by atoms with Gasteiger partial charge in [-0.2, -0.15) is 13.2 Å². The highest BCUT2D eigenvalue weighted by Crippen LogP contribution is 2.35. The number of likely N-dealkylation sites (tertiary alicyclic amines) is 1. The number of nitrogens with zero attached hydrogens (tertiary/aromatic N) is 4. The number of halogens is 3. The Kier molecular flexibility index (Phi) is 6.42. The molecule has 1 fully saturated rings. The van der Waals surface area contributed by atoms with Gasteiger partial charge in [-0.25, -0.2) is 9.97 Å². The van der Waals surface area contributed by atoms with Gasteiger partial charge in [-0.05, 0) is 30.9 Å². The summed E-state index contributed by atoms with van der Waals surface area (Å²) >= 11 is 0. The van der Waals surface area contributed by atoms with Crippen LogP contribution < -0.4 is 5.73 Å². The number of hydrogen-bond acceptors (Lipinski definition) is 6. The fraction of sp³-hybridized carbons (Fsp3) is 0.545. The Hall–Kier alpha value is -2.95. The molecule has 2 atom stereocenters. The number of amides is 2. The normalized spacial score (nSPS) is 20.0. The molecule has 0 aliphatic carbocycles. The first-order valence-corrected chi connectivity index (χ1v) is 10.9. The maximum absolute atomic E-state index is 13.7. The third-order valence-corrected chi connectivity index (χ3v) is 6.06. The molecule has 1 saturated heterocycles. The number of nitrogens with two attached hydrogens (primary N) is 1. The van der Waals surface area contributed by atoms with Gasteiger partial charge in [0.1, 0.15) is 0 Å². The molecule has 178 valence electrons. The van der Waals surface area contributed by atoms with Crippen molar-refractivity contribution in [1.29, 1.82) is 0 Å². The fourth-order valence-electron chi connectivity index (χ4n) is 4.37. The standard InChI is InChI=1S/C22H26F3N5O3/c1-13-4-5-18(31)30(10-13)11-14(26)9-19(32)29-7-6-15-16(12-29)27-21(17-3-2-8-33-17)28-20(15)22(23,24)25/h2-3,8,13-14H,4-7,9-12,26H2,1H3/t13-,14+/m1/s1. The minimum absolute atomic E-state index is 0.000874. The lowest BCUT2D eigenvalue weighted by Crippen LogP contribution is -2.48. The maximum atomic E-state index is 13.7. The summed E-state index contributed by atoms with van der Waals surface area (Å²) in [5.74, 6) is 0.0844. The Morgan fingerprint density at radius 2 is 2.12 bits per heavy atom. The van der Waals surface area contributed by atoms with Crippen LogP contribution in [0.2, 0.25) is 0 Å². The minimum Gasteiger partial charge on any atom is -0.461 e. The van der Waals surface area contributed by atoms with E-state index in [9.17, 15) is 22.8 Å². The monoisotopic (exact) mass is 465 g/mol. The number of piperidine rings is 1. The van der Waals surface area contributed by atoms with Crippen LogP contribution in [0.4, 0.5) is 13.2 Å². The summed E-state index contributed by atoms with van der Waals surface area (Å²) < 4.78 is 46.1. The minimum atomic E-state index is -4.65. The quantitative estimate of drug-likeness (QED) is 0.728. The lowest BCUT2D eigenvalue weighted by atomic mass is 9.98. The number of carbonyl (C=O) groups excluding carboxylic acids is 2. The molecular weight excluding hydrogens is 439 g/mol. The zero-order valence-electron chi connectivity index (χ0n) is 18.3. The Morgan fingerprint density at radius 1 is 1.33 bits per heavy atom. The van der Waals surface area contributed by atoms with Crippen LogP contribution in [-0.4, -0.2) is 57.3 Å². The summed E-state index contributed by atoms with van der Waals surface area (Å²) in [5, 5.41) is 0. The van der Waals surface area contributed by atoms with Crippen LogP contribution in [0, 0.1) is 5.92 Å². The van der Waals surface area contributed by atoms with Gasteiger partial charge in [-0.3, -0.25) is 9.59 Å².